The van der Waals surface area contributed by atoms with Crippen molar-refractivity contribution in [3.05, 3.63) is 49.6 Å². The van der Waals surface area contributed by atoms with Crippen LogP contribution < -0.4 is 5.32 Å². The number of aromatic nitrogens is 1. The molecule has 1 unspecified atom stereocenters. The summed E-state index contributed by atoms with van der Waals surface area (Å²) in [7, 11) is 1.89. The zero-order chi connectivity index (χ0) is 14.0. The summed E-state index contributed by atoms with van der Waals surface area (Å²) in [4.78, 5) is 5.92. The maximum atomic E-state index is 13.3. The molecule has 0 radical (unpaired) electrons. The quantitative estimate of drug-likeness (QED) is 0.899. The third-order valence-corrected chi connectivity index (χ3v) is 4.74. The smallest absolute Gasteiger partial charge is 0.137 e. The first-order chi connectivity index (χ1) is 9.06. The van der Waals surface area contributed by atoms with Gasteiger partial charge in [0.05, 0.1) is 16.2 Å². The summed E-state index contributed by atoms with van der Waals surface area (Å²) >= 11 is 4.92. The average Bonchev–Trinajstić information content (AvgIpc) is 2.75. The standard InChI is InChI=1S/C14H16BrFN2S/c1-4-12-8(2)19-14(18-12)13(17-3)9-5-6-11(16)10(15)7-9/h5-7,13,17H,4H2,1-3H3. The molecule has 0 saturated heterocycles. The topological polar surface area (TPSA) is 24.9 Å². The van der Waals surface area contributed by atoms with Gasteiger partial charge >= 0.3 is 0 Å². The van der Waals surface area contributed by atoms with Gasteiger partial charge in [0.25, 0.3) is 0 Å². The molecule has 2 nitrogen and oxygen atoms in total. The molecule has 0 fully saturated rings. The Bertz CT molecular complexity index is 583. The molecule has 1 aromatic carbocycles. The van der Waals surface area contributed by atoms with E-state index in [0.717, 1.165) is 22.7 Å². The second-order valence-corrected chi connectivity index (χ2v) is 6.39. The van der Waals surface area contributed by atoms with Gasteiger partial charge in [0.15, 0.2) is 0 Å². The summed E-state index contributed by atoms with van der Waals surface area (Å²) in [6.07, 6.45) is 0.936. The largest absolute Gasteiger partial charge is 0.307 e. The van der Waals surface area contributed by atoms with E-state index in [9.17, 15) is 4.39 Å². The molecular weight excluding hydrogens is 327 g/mol. The van der Waals surface area contributed by atoms with Crippen LogP contribution in [0.3, 0.4) is 0 Å². The van der Waals surface area contributed by atoms with Crippen molar-refractivity contribution in [2.45, 2.75) is 26.3 Å². The molecule has 102 valence electrons. The lowest BCUT2D eigenvalue weighted by molar-refractivity contribution is 0.616. The summed E-state index contributed by atoms with van der Waals surface area (Å²) in [5.41, 5.74) is 2.15. The van der Waals surface area contributed by atoms with Crippen LogP contribution in [0.25, 0.3) is 0 Å². The molecule has 0 aliphatic heterocycles. The van der Waals surface area contributed by atoms with Crippen molar-refractivity contribution in [1.29, 1.82) is 0 Å². The van der Waals surface area contributed by atoms with Crippen LogP contribution in [0, 0.1) is 12.7 Å². The Morgan fingerprint density at radius 3 is 2.74 bits per heavy atom. The zero-order valence-electron chi connectivity index (χ0n) is 11.1. The minimum atomic E-state index is -0.247. The molecule has 0 aliphatic carbocycles. The van der Waals surface area contributed by atoms with E-state index in [2.05, 4.69) is 40.1 Å². The minimum absolute atomic E-state index is 0.000833. The number of benzene rings is 1. The van der Waals surface area contributed by atoms with Gasteiger partial charge in [0, 0.05) is 4.88 Å². The van der Waals surface area contributed by atoms with Crippen LogP contribution in [0.5, 0.6) is 0 Å². The molecule has 0 amide bonds. The Kier molecular flexibility index (Phi) is 4.71. The molecule has 1 atom stereocenters. The van der Waals surface area contributed by atoms with E-state index in [1.165, 1.54) is 10.9 Å². The van der Waals surface area contributed by atoms with Crippen molar-refractivity contribution in [3.8, 4) is 0 Å². The molecular formula is C14H16BrFN2S. The monoisotopic (exact) mass is 342 g/mol. The molecule has 0 aliphatic rings. The van der Waals surface area contributed by atoms with E-state index in [4.69, 9.17) is 0 Å². The minimum Gasteiger partial charge on any atom is -0.307 e. The summed E-state index contributed by atoms with van der Waals surface area (Å²) in [6, 6.07) is 5.08. The van der Waals surface area contributed by atoms with Crippen molar-refractivity contribution in [1.82, 2.24) is 10.3 Å². The first kappa shape index (κ1) is 14.6. The predicted octanol–water partition coefficient (Wildman–Crippen LogP) is 4.22. The Morgan fingerprint density at radius 2 is 2.21 bits per heavy atom. The van der Waals surface area contributed by atoms with Crippen molar-refractivity contribution in [2.75, 3.05) is 7.05 Å². The molecule has 1 heterocycles. The first-order valence-electron chi connectivity index (χ1n) is 6.15. The van der Waals surface area contributed by atoms with E-state index in [1.807, 2.05) is 7.05 Å². The van der Waals surface area contributed by atoms with E-state index in [1.54, 1.807) is 23.5 Å². The third kappa shape index (κ3) is 3.04. The highest BCUT2D eigenvalue weighted by Crippen LogP contribution is 2.30. The fourth-order valence-corrected chi connectivity index (χ4v) is 3.57. The van der Waals surface area contributed by atoms with E-state index in [-0.39, 0.29) is 11.9 Å². The van der Waals surface area contributed by atoms with Gasteiger partial charge in [-0.15, -0.1) is 11.3 Å². The van der Waals surface area contributed by atoms with Gasteiger partial charge in [-0.3, -0.25) is 0 Å². The van der Waals surface area contributed by atoms with Gasteiger partial charge < -0.3 is 5.32 Å². The van der Waals surface area contributed by atoms with Gasteiger partial charge in [0.1, 0.15) is 10.8 Å². The predicted molar refractivity (Wildman–Crippen MR) is 81.2 cm³/mol. The fourth-order valence-electron chi connectivity index (χ4n) is 2.03. The number of nitrogens with one attached hydrogen (secondary N) is 1. The van der Waals surface area contributed by atoms with Crippen LogP contribution in [0.1, 0.15) is 34.1 Å². The number of rotatable bonds is 4. The number of aryl methyl sites for hydroxylation is 2. The molecule has 1 aromatic heterocycles. The van der Waals surface area contributed by atoms with Crippen molar-refractivity contribution < 1.29 is 4.39 Å². The number of halogens is 2. The molecule has 0 spiro atoms. The van der Waals surface area contributed by atoms with Gasteiger partial charge in [0.2, 0.25) is 0 Å². The number of hydrogen-bond donors (Lipinski definition) is 1. The SMILES string of the molecule is CCc1nc(C(NC)c2ccc(F)c(Br)c2)sc1C. The van der Waals surface area contributed by atoms with Gasteiger partial charge in [-0.2, -0.15) is 0 Å². The molecule has 2 rings (SSSR count). The Labute approximate surface area is 125 Å². The maximum Gasteiger partial charge on any atom is 0.137 e. The van der Waals surface area contributed by atoms with Crippen molar-refractivity contribution in [3.63, 3.8) is 0 Å². The fraction of sp³-hybridized carbons (Fsp3) is 0.357. The highest BCUT2D eigenvalue weighted by Gasteiger charge is 2.18. The van der Waals surface area contributed by atoms with Crippen LogP contribution in [0.4, 0.5) is 4.39 Å². The van der Waals surface area contributed by atoms with Crippen molar-refractivity contribution in [2.24, 2.45) is 0 Å². The second-order valence-electron chi connectivity index (χ2n) is 4.30. The molecule has 0 saturated carbocycles. The molecule has 0 bridgehead atoms. The van der Waals surface area contributed by atoms with E-state index in [0.29, 0.717) is 4.47 Å². The summed E-state index contributed by atoms with van der Waals surface area (Å²) in [5, 5.41) is 4.27. The Hall–Kier alpha value is -0.780. The normalized spacial score (nSPS) is 12.7. The molecule has 2 aromatic rings. The van der Waals surface area contributed by atoms with Crippen LogP contribution in [0.2, 0.25) is 0 Å². The molecule has 1 N–H and O–H groups in total. The van der Waals surface area contributed by atoms with E-state index < -0.39 is 0 Å². The third-order valence-electron chi connectivity index (χ3n) is 3.06. The lowest BCUT2D eigenvalue weighted by Gasteiger charge is -2.14. The van der Waals surface area contributed by atoms with Gasteiger partial charge in [-0.1, -0.05) is 13.0 Å². The average molecular weight is 343 g/mol. The maximum absolute atomic E-state index is 13.3. The molecule has 19 heavy (non-hydrogen) atoms. The lowest BCUT2D eigenvalue weighted by Crippen LogP contribution is -2.17. The number of hydrogen-bond acceptors (Lipinski definition) is 3. The first-order valence-corrected chi connectivity index (χ1v) is 7.76. The highest BCUT2D eigenvalue weighted by atomic mass is 79.9. The lowest BCUT2D eigenvalue weighted by atomic mass is 10.1. The van der Waals surface area contributed by atoms with Crippen LogP contribution in [0.15, 0.2) is 22.7 Å². The summed E-state index contributed by atoms with van der Waals surface area (Å²) in [6.45, 7) is 4.20. The number of nitrogens with zero attached hydrogens (tertiary/aromatic N) is 1. The van der Waals surface area contributed by atoms with Crippen LogP contribution >= 0.6 is 27.3 Å². The van der Waals surface area contributed by atoms with Gasteiger partial charge in [-0.05, 0) is 54.0 Å². The zero-order valence-corrected chi connectivity index (χ0v) is 13.5. The molecule has 5 heteroatoms. The van der Waals surface area contributed by atoms with Gasteiger partial charge in [-0.25, -0.2) is 9.37 Å². The summed E-state index contributed by atoms with van der Waals surface area (Å²) in [5.74, 6) is -0.247. The Morgan fingerprint density at radius 1 is 1.47 bits per heavy atom. The van der Waals surface area contributed by atoms with E-state index >= 15 is 0 Å². The Balaban J connectivity index is 2.40. The number of thiazole rings is 1. The van der Waals surface area contributed by atoms with Crippen LogP contribution in [-0.4, -0.2) is 12.0 Å². The highest BCUT2D eigenvalue weighted by molar-refractivity contribution is 9.10. The second kappa shape index (κ2) is 6.11. The van der Waals surface area contributed by atoms with Crippen molar-refractivity contribution >= 4 is 27.3 Å². The van der Waals surface area contributed by atoms with Crippen LogP contribution in [-0.2, 0) is 6.42 Å². The summed E-state index contributed by atoms with van der Waals surface area (Å²) < 4.78 is 13.8.